The van der Waals surface area contributed by atoms with E-state index in [1.54, 1.807) is 14.2 Å². The second-order valence-electron chi connectivity index (χ2n) is 6.73. The van der Waals surface area contributed by atoms with Crippen molar-refractivity contribution in [3.05, 3.63) is 18.2 Å². The number of benzene rings is 1. The van der Waals surface area contributed by atoms with Gasteiger partial charge < -0.3 is 24.8 Å². The van der Waals surface area contributed by atoms with Gasteiger partial charge in [0.1, 0.15) is 0 Å². The fourth-order valence-corrected chi connectivity index (χ4v) is 2.34. The van der Waals surface area contributed by atoms with Crippen LogP contribution in [0.25, 0.3) is 0 Å². The van der Waals surface area contributed by atoms with Gasteiger partial charge in [-0.25, -0.2) is 0 Å². The maximum atomic E-state index is 5.57. The van der Waals surface area contributed by atoms with Crippen LogP contribution in [0.4, 0.5) is 5.69 Å². The molecule has 1 aromatic carbocycles. The summed E-state index contributed by atoms with van der Waals surface area (Å²) in [5.41, 5.74) is 0.905. The third-order valence-corrected chi connectivity index (χ3v) is 3.74. The molecule has 0 saturated heterocycles. The van der Waals surface area contributed by atoms with Crippen molar-refractivity contribution < 1.29 is 14.2 Å². The quantitative estimate of drug-likeness (QED) is 0.554. The zero-order chi connectivity index (χ0) is 18.9. The second-order valence-corrected chi connectivity index (χ2v) is 6.73. The lowest BCUT2D eigenvalue weighted by Gasteiger charge is -2.28. The lowest BCUT2D eigenvalue weighted by atomic mass is 9.89. The van der Waals surface area contributed by atoms with E-state index in [9.17, 15) is 0 Å². The third-order valence-electron chi connectivity index (χ3n) is 3.74. The highest BCUT2D eigenvalue weighted by Gasteiger charge is 2.24. The van der Waals surface area contributed by atoms with Gasteiger partial charge in [0.05, 0.1) is 26.4 Å². The van der Waals surface area contributed by atoms with E-state index < -0.39 is 0 Å². The number of guanidine groups is 1. The summed E-state index contributed by atoms with van der Waals surface area (Å²) < 4.78 is 16.5. The average Bonchev–Trinajstić information content (AvgIpc) is 2.55. The zero-order valence-electron chi connectivity index (χ0n) is 16.6. The summed E-state index contributed by atoms with van der Waals surface area (Å²) in [6.45, 7) is 12.4. The van der Waals surface area contributed by atoms with Crippen LogP contribution in [0.15, 0.2) is 23.2 Å². The summed E-state index contributed by atoms with van der Waals surface area (Å²) in [4.78, 5) is 4.66. The van der Waals surface area contributed by atoms with Crippen LogP contribution in [0.2, 0.25) is 0 Å². The Labute approximate surface area is 152 Å². The van der Waals surface area contributed by atoms with Gasteiger partial charge in [0.25, 0.3) is 0 Å². The predicted molar refractivity (Wildman–Crippen MR) is 104 cm³/mol. The summed E-state index contributed by atoms with van der Waals surface area (Å²) in [6, 6.07) is 5.73. The molecule has 0 heterocycles. The Bertz CT molecular complexity index is 553. The minimum Gasteiger partial charge on any atom is -0.493 e. The first-order valence-corrected chi connectivity index (χ1v) is 8.74. The molecule has 1 aromatic rings. The summed E-state index contributed by atoms with van der Waals surface area (Å²) in [5.74, 6) is 2.12. The molecule has 0 radical (unpaired) electrons. The van der Waals surface area contributed by atoms with Gasteiger partial charge in [0, 0.05) is 25.4 Å². The van der Waals surface area contributed by atoms with Crippen LogP contribution in [0.5, 0.6) is 11.5 Å². The van der Waals surface area contributed by atoms with Gasteiger partial charge in [-0.15, -0.1) is 0 Å². The SMILES string of the molecule is CCNC(=NCC(OC)C(C)(C)C)Nc1ccc(OCC)c(OC)c1. The largest absolute Gasteiger partial charge is 0.493 e. The van der Waals surface area contributed by atoms with Gasteiger partial charge in [-0.3, -0.25) is 4.99 Å². The number of hydrogen-bond donors (Lipinski definition) is 2. The van der Waals surface area contributed by atoms with E-state index in [0.717, 1.165) is 18.0 Å². The molecule has 0 saturated carbocycles. The molecule has 2 N–H and O–H groups in total. The van der Waals surface area contributed by atoms with Crippen LogP contribution in [0.3, 0.4) is 0 Å². The summed E-state index contributed by atoms with van der Waals surface area (Å²) in [7, 11) is 3.36. The Morgan fingerprint density at radius 3 is 2.40 bits per heavy atom. The maximum absolute atomic E-state index is 5.57. The van der Waals surface area contributed by atoms with Crippen LogP contribution < -0.4 is 20.1 Å². The van der Waals surface area contributed by atoms with Crippen LogP contribution in [-0.4, -0.2) is 46.0 Å². The van der Waals surface area contributed by atoms with Crippen LogP contribution >= 0.6 is 0 Å². The van der Waals surface area contributed by atoms with E-state index in [0.29, 0.717) is 24.9 Å². The van der Waals surface area contributed by atoms with Crippen molar-refractivity contribution in [3.63, 3.8) is 0 Å². The van der Waals surface area contributed by atoms with E-state index in [2.05, 4.69) is 36.4 Å². The summed E-state index contributed by atoms with van der Waals surface area (Å²) in [6.07, 6.45) is 0.0397. The molecular weight excluding hydrogens is 318 g/mol. The molecule has 6 nitrogen and oxygen atoms in total. The Balaban J connectivity index is 2.92. The van der Waals surface area contributed by atoms with Crippen molar-refractivity contribution in [1.29, 1.82) is 0 Å². The minimum absolute atomic E-state index is 0.0257. The van der Waals surface area contributed by atoms with Gasteiger partial charge in [-0.1, -0.05) is 20.8 Å². The molecule has 1 rings (SSSR count). The van der Waals surface area contributed by atoms with Crippen molar-refractivity contribution in [3.8, 4) is 11.5 Å². The molecule has 0 bridgehead atoms. The highest BCUT2D eigenvalue weighted by Crippen LogP contribution is 2.30. The molecule has 0 aliphatic carbocycles. The van der Waals surface area contributed by atoms with Crippen molar-refractivity contribution >= 4 is 11.6 Å². The lowest BCUT2D eigenvalue weighted by Crippen LogP contribution is -2.35. The molecule has 0 aliphatic heterocycles. The molecule has 0 aliphatic rings. The summed E-state index contributed by atoms with van der Waals surface area (Å²) >= 11 is 0. The molecule has 1 atom stereocenters. The number of hydrogen-bond acceptors (Lipinski definition) is 4. The molecule has 0 amide bonds. The molecule has 25 heavy (non-hydrogen) atoms. The number of nitrogens with zero attached hydrogens (tertiary/aromatic N) is 1. The first-order valence-electron chi connectivity index (χ1n) is 8.74. The number of anilines is 1. The maximum Gasteiger partial charge on any atom is 0.195 e. The third kappa shape index (κ3) is 6.82. The van der Waals surface area contributed by atoms with Crippen LogP contribution in [-0.2, 0) is 4.74 Å². The number of aliphatic imine (C=N–C) groups is 1. The molecule has 0 fully saturated rings. The number of nitrogens with one attached hydrogen (secondary N) is 2. The smallest absolute Gasteiger partial charge is 0.195 e. The van der Waals surface area contributed by atoms with Crippen LogP contribution in [0, 0.1) is 5.41 Å². The fraction of sp³-hybridized carbons (Fsp3) is 0.632. The molecule has 142 valence electrons. The molecule has 0 spiro atoms. The molecule has 1 unspecified atom stereocenters. The monoisotopic (exact) mass is 351 g/mol. The van der Waals surface area contributed by atoms with E-state index >= 15 is 0 Å². The highest BCUT2D eigenvalue weighted by molar-refractivity contribution is 5.93. The molecule has 0 aromatic heterocycles. The fourth-order valence-electron chi connectivity index (χ4n) is 2.34. The Kier molecular flexibility index (Phi) is 8.55. The number of ether oxygens (including phenoxy) is 3. The van der Waals surface area contributed by atoms with E-state index in [1.807, 2.05) is 32.0 Å². The number of rotatable bonds is 8. The normalized spacial score (nSPS) is 13.3. The van der Waals surface area contributed by atoms with Gasteiger partial charge in [-0.05, 0) is 31.4 Å². The Morgan fingerprint density at radius 1 is 1.16 bits per heavy atom. The minimum atomic E-state index is 0.0257. The second kappa shape index (κ2) is 10.1. The predicted octanol–water partition coefficient (Wildman–Crippen LogP) is 3.53. The number of methoxy groups -OCH3 is 2. The average molecular weight is 351 g/mol. The van der Waals surface area contributed by atoms with Crippen molar-refractivity contribution in [1.82, 2.24) is 5.32 Å². The summed E-state index contributed by atoms with van der Waals surface area (Å²) in [5, 5.41) is 6.55. The van der Waals surface area contributed by atoms with Crippen molar-refractivity contribution in [2.45, 2.75) is 40.7 Å². The van der Waals surface area contributed by atoms with Gasteiger partial charge in [-0.2, -0.15) is 0 Å². The van der Waals surface area contributed by atoms with Gasteiger partial charge >= 0.3 is 0 Å². The van der Waals surface area contributed by atoms with Gasteiger partial charge in [0.2, 0.25) is 0 Å². The highest BCUT2D eigenvalue weighted by atomic mass is 16.5. The zero-order valence-corrected chi connectivity index (χ0v) is 16.6. The molecular formula is C19H33N3O3. The van der Waals surface area contributed by atoms with Crippen molar-refractivity contribution in [2.75, 3.05) is 39.2 Å². The Morgan fingerprint density at radius 2 is 1.88 bits per heavy atom. The van der Waals surface area contributed by atoms with E-state index in [-0.39, 0.29) is 11.5 Å². The van der Waals surface area contributed by atoms with E-state index in [4.69, 9.17) is 14.2 Å². The van der Waals surface area contributed by atoms with Gasteiger partial charge in [0.15, 0.2) is 17.5 Å². The Hall–Kier alpha value is -1.95. The van der Waals surface area contributed by atoms with Crippen LogP contribution in [0.1, 0.15) is 34.6 Å². The van der Waals surface area contributed by atoms with E-state index in [1.165, 1.54) is 0 Å². The first-order chi connectivity index (χ1) is 11.8. The first kappa shape index (κ1) is 21.1. The molecule has 6 heteroatoms. The standard InChI is InChI=1S/C19H33N3O3/c1-8-20-18(21-13-17(24-7)19(3,4)5)22-14-10-11-15(25-9-2)16(12-14)23-6/h10-12,17H,8-9,13H2,1-7H3,(H2,20,21,22). The van der Waals surface area contributed by atoms with Crippen molar-refractivity contribution in [2.24, 2.45) is 10.4 Å². The lowest BCUT2D eigenvalue weighted by molar-refractivity contribution is 0.0241. The topological polar surface area (TPSA) is 64.1 Å².